The zero-order chi connectivity index (χ0) is 11.3. The first kappa shape index (κ1) is 11.4. The maximum Gasteiger partial charge on any atom is 0.358 e. The minimum atomic E-state index is -1.06. The van der Waals surface area contributed by atoms with Crippen LogP contribution in [0.2, 0.25) is 0 Å². The number of hydrogen-bond acceptors (Lipinski definition) is 4. The van der Waals surface area contributed by atoms with Crippen molar-refractivity contribution < 1.29 is 9.90 Å². The number of anilines is 1. The fraction of sp³-hybridized carbons (Fsp3) is 0.500. The zero-order valence-electron chi connectivity index (χ0n) is 8.90. The molecule has 82 valence electrons. The van der Waals surface area contributed by atoms with Crippen molar-refractivity contribution in [3.8, 4) is 0 Å². The largest absolute Gasteiger partial charge is 0.476 e. The zero-order valence-corrected chi connectivity index (χ0v) is 8.90. The molecular formula is C10H15N3O2. The molecule has 1 aromatic rings. The second kappa shape index (κ2) is 5.29. The molecule has 0 amide bonds. The SMILES string of the molecule is CCCC(C)Nc1nccnc1C(=O)O. The Morgan fingerprint density at radius 3 is 2.80 bits per heavy atom. The first-order valence-corrected chi connectivity index (χ1v) is 4.96. The molecule has 1 aromatic heterocycles. The highest BCUT2D eigenvalue weighted by Gasteiger charge is 2.13. The van der Waals surface area contributed by atoms with E-state index in [1.807, 2.05) is 6.92 Å². The van der Waals surface area contributed by atoms with Gasteiger partial charge in [0.05, 0.1) is 0 Å². The monoisotopic (exact) mass is 209 g/mol. The molecule has 1 heterocycles. The van der Waals surface area contributed by atoms with E-state index in [2.05, 4.69) is 22.2 Å². The molecule has 1 unspecified atom stereocenters. The van der Waals surface area contributed by atoms with Gasteiger partial charge in [-0.2, -0.15) is 0 Å². The van der Waals surface area contributed by atoms with Crippen LogP contribution in [0.25, 0.3) is 0 Å². The van der Waals surface area contributed by atoms with Crippen LogP contribution in [0.5, 0.6) is 0 Å². The summed E-state index contributed by atoms with van der Waals surface area (Å²) in [5.41, 5.74) is -0.0274. The average molecular weight is 209 g/mol. The molecule has 0 spiro atoms. The lowest BCUT2D eigenvalue weighted by molar-refractivity contribution is 0.0691. The highest BCUT2D eigenvalue weighted by Crippen LogP contribution is 2.11. The van der Waals surface area contributed by atoms with Gasteiger partial charge in [-0.15, -0.1) is 0 Å². The first-order chi connectivity index (χ1) is 7.15. The topological polar surface area (TPSA) is 75.1 Å². The molecule has 0 aliphatic rings. The summed E-state index contributed by atoms with van der Waals surface area (Å²) in [7, 11) is 0. The van der Waals surface area contributed by atoms with Gasteiger partial charge in [-0.25, -0.2) is 14.8 Å². The van der Waals surface area contributed by atoms with Crippen molar-refractivity contribution in [3.63, 3.8) is 0 Å². The van der Waals surface area contributed by atoms with E-state index in [-0.39, 0.29) is 11.7 Å². The number of aromatic nitrogens is 2. The molecule has 15 heavy (non-hydrogen) atoms. The molecule has 0 radical (unpaired) electrons. The number of carboxylic acid groups (broad SMARTS) is 1. The van der Waals surface area contributed by atoms with Crippen molar-refractivity contribution in [1.29, 1.82) is 0 Å². The molecule has 0 aliphatic carbocycles. The highest BCUT2D eigenvalue weighted by atomic mass is 16.4. The van der Waals surface area contributed by atoms with E-state index in [9.17, 15) is 4.79 Å². The van der Waals surface area contributed by atoms with Crippen LogP contribution in [-0.2, 0) is 0 Å². The maximum absolute atomic E-state index is 10.8. The van der Waals surface area contributed by atoms with Crippen molar-refractivity contribution in [3.05, 3.63) is 18.1 Å². The maximum atomic E-state index is 10.8. The second-order valence-corrected chi connectivity index (χ2v) is 3.39. The van der Waals surface area contributed by atoms with Crippen LogP contribution >= 0.6 is 0 Å². The Morgan fingerprint density at radius 2 is 2.20 bits per heavy atom. The van der Waals surface area contributed by atoms with E-state index in [0.29, 0.717) is 5.82 Å². The van der Waals surface area contributed by atoms with E-state index < -0.39 is 5.97 Å². The Labute approximate surface area is 88.6 Å². The van der Waals surface area contributed by atoms with Crippen LogP contribution in [0.15, 0.2) is 12.4 Å². The Balaban J connectivity index is 2.79. The van der Waals surface area contributed by atoms with Gasteiger partial charge in [0.2, 0.25) is 0 Å². The lowest BCUT2D eigenvalue weighted by Gasteiger charge is -2.13. The number of nitrogens with one attached hydrogen (secondary N) is 1. The Kier molecular flexibility index (Phi) is 4.03. The van der Waals surface area contributed by atoms with Crippen molar-refractivity contribution in [2.75, 3.05) is 5.32 Å². The smallest absolute Gasteiger partial charge is 0.358 e. The summed E-state index contributed by atoms with van der Waals surface area (Å²) in [5.74, 6) is -0.722. The second-order valence-electron chi connectivity index (χ2n) is 3.39. The molecule has 0 saturated heterocycles. The normalized spacial score (nSPS) is 12.1. The third kappa shape index (κ3) is 3.19. The third-order valence-corrected chi connectivity index (χ3v) is 2.01. The predicted octanol–water partition coefficient (Wildman–Crippen LogP) is 1.78. The van der Waals surface area contributed by atoms with Gasteiger partial charge in [-0.05, 0) is 13.3 Å². The van der Waals surface area contributed by atoms with Gasteiger partial charge in [0.1, 0.15) is 0 Å². The standard InChI is InChI=1S/C10H15N3O2/c1-3-4-7(2)13-9-8(10(14)15)11-5-6-12-9/h5-7H,3-4H2,1-2H3,(H,12,13)(H,14,15). The summed E-state index contributed by atoms with van der Waals surface area (Å²) >= 11 is 0. The molecular weight excluding hydrogens is 194 g/mol. The summed E-state index contributed by atoms with van der Waals surface area (Å²) < 4.78 is 0. The molecule has 1 atom stereocenters. The predicted molar refractivity (Wildman–Crippen MR) is 57.0 cm³/mol. The number of hydrogen-bond donors (Lipinski definition) is 2. The molecule has 0 bridgehead atoms. The van der Waals surface area contributed by atoms with Crippen molar-refractivity contribution in [2.24, 2.45) is 0 Å². The van der Waals surface area contributed by atoms with Crippen LogP contribution in [0, 0.1) is 0 Å². The molecule has 0 aliphatic heterocycles. The molecule has 0 saturated carbocycles. The third-order valence-electron chi connectivity index (χ3n) is 2.01. The summed E-state index contributed by atoms with van der Waals surface area (Å²) in [4.78, 5) is 18.6. The van der Waals surface area contributed by atoms with E-state index in [0.717, 1.165) is 12.8 Å². The number of carboxylic acids is 1. The van der Waals surface area contributed by atoms with E-state index in [1.165, 1.54) is 12.4 Å². The first-order valence-electron chi connectivity index (χ1n) is 4.96. The lowest BCUT2D eigenvalue weighted by atomic mass is 10.2. The van der Waals surface area contributed by atoms with Crippen molar-refractivity contribution >= 4 is 11.8 Å². The van der Waals surface area contributed by atoms with Gasteiger partial charge < -0.3 is 10.4 Å². The number of rotatable bonds is 5. The molecule has 0 fully saturated rings. The Morgan fingerprint density at radius 1 is 1.53 bits per heavy atom. The van der Waals surface area contributed by atoms with Crippen LogP contribution < -0.4 is 5.32 Å². The van der Waals surface area contributed by atoms with Gasteiger partial charge in [0, 0.05) is 18.4 Å². The van der Waals surface area contributed by atoms with Crippen LogP contribution in [0.4, 0.5) is 5.82 Å². The quantitative estimate of drug-likeness (QED) is 0.773. The molecule has 5 nitrogen and oxygen atoms in total. The fourth-order valence-electron chi connectivity index (χ4n) is 1.34. The molecule has 1 rings (SSSR count). The van der Waals surface area contributed by atoms with Gasteiger partial charge in [-0.3, -0.25) is 0 Å². The van der Waals surface area contributed by atoms with E-state index >= 15 is 0 Å². The van der Waals surface area contributed by atoms with Gasteiger partial charge >= 0.3 is 5.97 Å². The summed E-state index contributed by atoms with van der Waals surface area (Å²) in [5, 5.41) is 11.9. The van der Waals surface area contributed by atoms with Crippen LogP contribution in [0.1, 0.15) is 37.2 Å². The molecule has 0 aromatic carbocycles. The van der Waals surface area contributed by atoms with Crippen LogP contribution in [0.3, 0.4) is 0 Å². The summed E-state index contributed by atoms with van der Waals surface area (Å²) in [6.45, 7) is 4.07. The Hall–Kier alpha value is -1.65. The average Bonchev–Trinajstić information content (AvgIpc) is 2.18. The molecule has 2 N–H and O–H groups in total. The van der Waals surface area contributed by atoms with E-state index in [1.54, 1.807) is 0 Å². The van der Waals surface area contributed by atoms with Gasteiger partial charge in [0.25, 0.3) is 0 Å². The summed E-state index contributed by atoms with van der Waals surface area (Å²) in [6.07, 6.45) is 4.86. The minimum Gasteiger partial charge on any atom is -0.476 e. The fourth-order valence-corrected chi connectivity index (χ4v) is 1.34. The van der Waals surface area contributed by atoms with Crippen LogP contribution in [-0.4, -0.2) is 27.1 Å². The van der Waals surface area contributed by atoms with Crippen molar-refractivity contribution in [1.82, 2.24) is 9.97 Å². The number of carbonyl (C=O) groups is 1. The highest BCUT2D eigenvalue weighted by molar-refractivity contribution is 5.90. The minimum absolute atomic E-state index is 0.0274. The van der Waals surface area contributed by atoms with Gasteiger partial charge in [0.15, 0.2) is 11.5 Å². The number of aromatic carboxylic acids is 1. The van der Waals surface area contributed by atoms with E-state index in [4.69, 9.17) is 5.11 Å². The van der Waals surface area contributed by atoms with Gasteiger partial charge in [-0.1, -0.05) is 13.3 Å². The molecule has 5 heteroatoms. The lowest BCUT2D eigenvalue weighted by Crippen LogP contribution is -2.18. The number of nitrogens with zero attached hydrogens (tertiary/aromatic N) is 2. The summed E-state index contributed by atoms with van der Waals surface area (Å²) in [6, 6.07) is 0.199. The van der Waals surface area contributed by atoms with Crippen molar-refractivity contribution in [2.45, 2.75) is 32.7 Å². The Bertz CT molecular complexity index is 341.